The summed E-state index contributed by atoms with van der Waals surface area (Å²) in [5.41, 5.74) is 4.33. The monoisotopic (exact) mass is 388 g/mol. The van der Waals surface area contributed by atoms with E-state index in [0.717, 1.165) is 16.7 Å². The van der Waals surface area contributed by atoms with Crippen molar-refractivity contribution in [1.82, 2.24) is 0 Å². The zero-order valence-electron chi connectivity index (χ0n) is 16.6. The molecule has 0 aliphatic heterocycles. The topological polar surface area (TPSA) is 67.4 Å². The summed E-state index contributed by atoms with van der Waals surface area (Å²) >= 11 is 0. The lowest BCUT2D eigenvalue weighted by molar-refractivity contribution is -0.118. The predicted molar refractivity (Wildman–Crippen MR) is 115 cm³/mol. The molecule has 2 amide bonds. The highest BCUT2D eigenvalue weighted by Gasteiger charge is 2.07. The van der Waals surface area contributed by atoms with Crippen molar-refractivity contribution < 1.29 is 14.3 Å². The van der Waals surface area contributed by atoms with E-state index in [9.17, 15) is 9.59 Å². The third-order valence-electron chi connectivity index (χ3n) is 4.20. The van der Waals surface area contributed by atoms with Crippen LogP contribution in [-0.4, -0.2) is 18.4 Å². The van der Waals surface area contributed by atoms with Gasteiger partial charge in [-0.1, -0.05) is 42.5 Å². The second-order valence-electron chi connectivity index (χ2n) is 6.95. The van der Waals surface area contributed by atoms with Gasteiger partial charge in [0.1, 0.15) is 5.75 Å². The standard InChI is InChI=1S/C24H24N2O3/c1-17-11-18(2)13-22(12-17)29-16-24(28)26-21-10-6-9-20(15-21)25-23(27)14-19-7-4-3-5-8-19/h3-13,15H,14,16H2,1-2H3,(H,25,27)(H,26,28). The van der Waals surface area contributed by atoms with Crippen LogP contribution in [0.15, 0.2) is 72.8 Å². The van der Waals surface area contributed by atoms with E-state index >= 15 is 0 Å². The summed E-state index contributed by atoms with van der Waals surface area (Å²) in [5, 5.41) is 5.64. The molecule has 2 N–H and O–H groups in total. The molecule has 0 saturated carbocycles. The van der Waals surface area contributed by atoms with Crippen molar-refractivity contribution in [2.45, 2.75) is 20.3 Å². The van der Waals surface area contributed by atoms with Crippen molar-refractivity contribution in [2.75, 3.05) is 17.2 Å². The Balaban J connectivity index is 1.53. The molecule has 5 nitrogen and oxygen atoms in total. The molecule has 0 unspecified atom stereocenters. The number of rotatable bonds is 7. The quantitative estimate of drug-likeness (QED) is 0.626. The number of carbonyl (C=O) groups excluding carboxylic acids is 2. The van der Waals surface area contributed by atoms with Gasteiger partial charge in [-0.25, -0.2) is 0 Å². The summed E-state index contributed by atoms with van der Waals surface area (Å²) in [6.45, 7) is 3.88. The third kappa shape index (κ3) is 6.50. The molecule has 3 aromatic rings. The molecule has 0 aliphatic rings. The zero-order valence-corrected chi connectivity index (χ0v) is 16.6. The first-order valence-electron chi connectivity index (χ1n) is 9.43. The van der Waals surface area contributed by atoms with Crippen LogP contribution in [-0.2, 0) is 16.0 Å². The Morgan fingerprint density at radius 2 is 1.38 bits per heavy atom. The number of ether oxygens (including phenoxy) is 1. The first-order valence-corrected chi connectivity index (χ1v) is 9.43. The summed E-state index contributed by atoms with van der Waals surface area (Å²) in [7, 11) is 0. The number of anilines is 2. The number of hydrogen-bond acceptors (Lipinski definition) is 3. The molecule has 3 aromatic carbocycles. The van der Waals surface area contributed by atoms with E-state index < -0.39 is 0 Å². The van der Waals surface area contributed by atoms with Gasteiger partial charge in [0.05, 0.1) is 6.42 Å². The second-order valence-corrected chi connectivity index (χ2v) is 6.95. The van der Waals surface area contributed by atoms with Gasteiger partial charge in [-0.05, 0) is 60.9 Å². The fourth-order valence-electron chi connectivity index (χ4n) is 3.02. The summed E-state index contributed by atoms with van der Waals surface area (Å²) in [4.78, 5) is 24.4. The molecule has 3 rings (SSSR count). The number of aryl methyl sites for hydroxylation is 2. The minimum Gasteiger partial charge on any atom is -0.484 e. The van der Waals surface area contributed by atoms with Crippen LogP contribution in [0.1, 0.15) is 16.7 Å². The highest BCUT2D eigenvalue weighted by molar-refractivity contribution is 5.95. The number of carbonyl (C=O) groups is 2. The van der Waals surface area contributed by atoms with Gasteiger partial charge in [0.2, 0.25) is 5.91 Å². The van der Waals surface area contributed by atoms with E-state index in [2.05, 4.69) is 10.6 Å². The molecular weight excluding hydrogens is 364 g/mol. The average Bonchev–Trinajstić information content (AvgIpc) is 2.66. The molecule has 0 spiro atoms. The third-order valence-corrected chi connectivity index (χ3v) is 4.20. The second kappa shape index (κ2) is 9.55. The number of hydrogen-bond donors (Lipinski definition) is 2. The van der Waals surface area contributed by atoms with E-state index in [4.69, 9.17) is 4.74 Å². The highest BCUT2D eigenvalue weighted by atomic mass is 16.5. The Morgan fingerprint density at radius 3 is 2.03 bits per heavy atom. The van der Waals surface area contributed by atoms with Crippen LogP contribution in [0.25, 0.3) is 0 Å². The van der Waals surface area contributed by atoms with Gasteiger partial charge >= 0.3 is 0 Å². The highest BCUT2D eigenvalue weighted by Crippen LogP contribution is 2.18. The minimum atomic E-state index is -0.267. The minimum absolute atomic E-state index is 0.0898. The van der Waals surface area contributed by atoms with Gasteiger partial charge in [-0.2, -0.15) is 0 Å². The van der Waals surface area contributed by atoms with Gasteiger partial charge < -0.3 is 15.4 Å². The number of benzene rings is 3. The summed E-state index contributed by atoms with van der Waals surface area (Å²) in [6.07, 6.45) is 0.293. The maximum absolute atomic E-state index is 12.2. The Hall–Kier alpha value is -3.60. The SMILES string of the molecule is Cc1cc(C)cc(OCC(=O)Nc2cccc(NC(=O)Cc3ccccc3)c2)c1. The van der Waals surface area contributed by atoms with E-state index in [1.807, 2.05) is 62.4 Å². The fraction of sp³-hybridized carbons (Fsp3) is 0.167. The first kappa shape index (κ1) is 20.1. The zero-order chi connectivity index (χ0) is 20.6. The average molecular weight is 388 g/mol. The molecule has 0 atom stereocenters. The largest absolute Gasteiger partial charge is 0.484 e. The molecule has 0 heterocycles. The van der Waals surface area contributed by atoms with Gasteiger partial charge in [0, 0.05) is 11.4 Å². The van der Waals surface area contributed by atoms with Crippen molar-refractivity contribution in [2.24, 2.45) is 0 Å². The molecule has 0 bridgehead atoms. The lowest BCUT2D eigenvalue weighted by Crippen LogP contribution is -2.20. The van der Waals surface area contributed by atoms with E-state index in [-0.39, 0.29) is 18.4 Å². The number of amides is 2. The Bertz CT molecular complexity index is 980. The molecule has 148 valence electrons. The van der Waals surface area contributed by atoms with Crippen molar-refractivity contribution >= 4 is 23.2 Å². The van der Waals surface area contributed by atoms with Crippen molar-refractivity contribution in [3.05, 3.63) is 89.5 Å². The van der Waals surface area contributed by atoms with Crippen molar-refractivity contribution in [3.63, 3.8) is 0 Å². The summed E-state index contributed by atoms with van der Waals surface area (Å²) < 4.78 is 5.58. The number of nitrogens with one attached hydrogen (secondary N) is 2. The van der Waals surface area contributed by atoms with Crippen molar-refractivity contribution in [3.8, 4) is 5.75 Å². The van der Waals surface area contributed by atoms with Gasteiger partial charge in [-0.3, -0.25) is 9.59 Å². The first-order chi connectivity index (χ1) is 14.0. The van der Waals surface area contributed by atoms with Crippen LogP contribution >= 0.6 is 0 Å². The molecule has 0 aliphatic carbocycles. The van der Waals surface area contributed by atoms with Crippen LogP contribution < -0.4 is 15.4 Å². The predicted octanol–water partition coefficient (Wildman–Crippen LogP) is 4.50. The molecule has 0 fully saturated rings. The molecule has 0 saturated heterocycles. The Morgan fingerprint density at radius 1 is 0.759 bits per heavy atom. The molecule has 29 heavy (non-hydrogen) atoms. The lowest BCUT2D eigenvalue weighted by atomic mass is 10.1. The van der Waals surface area contributed by atoms with Crippen molar-refractivity contribution in [1.29, 1.82) is 0 Å². The van der Waals surface area contributed by atoms with Crippen LogP contribution in [0.2, 0.25) is 0 Å². The normalized spacial score (nSPS) is 10.3. The summed E-state index contributed by atoms with van der Waals surface area (Å²) in [6, 6.07) is 22.4. The summed E-state index contributed by atoms with van der Waals surface area (Å²) in [5.74, 6) is 0.286. The Labute approximate surface area is 170 Å². The van der Waals surface area contributed by atoms with E-state index in [1.54, 1.807) is 24.3 Å². The van der Waals surface area contributed by atoms with E-state index in [1.165, 1.54) is 0 Å². The van der Waals surface area contributed by atoms with Gasteiger partial charge in [0.25, 0.3) is 5.91 Å². The molecule has 0 radical (unpaired) electrons. The van der Waals surface area contributed by atoms with Crippen LogP contribution in [0.3, 0.4) is 0 Å². The molecule has 5 heteroatoms. The van der Waals surface area contributed by atoms with Crippen LogP contribution in [0.5, 0.6) is 5.75 Å². The lowest BCUT2D eigenvalue weighted by Gasteiger charge is -2.11. The fourth-order valence-corrected chi connectivity index (χ4v) is 3.02. The van der Waals surface area contributed by atoms with E-state index in [0.29, 0.717) is 23.5 Å². The van der Waals surface area contributed by atoms with Gasteiger partial charge in [0.15, 0.2) is 6.61 Å². The van der Waals surface area contributed by atoms with Gasteiger partial charge in [-0.15, -0.1) is 0 Å². The smallest absolute Gasteiger partial charge is 0.262 e. The molecular formula is C24H24N2O3. The molecule has 0 aromatic heterocycles. The maximum Gasteiger partial charge on any atom is 0.262 e. The van der Waals surface area contributed by atoms with Crippen LogP contribution in [0.4, 0.5) is 11.4 Å². The Kier molecular flexibility index (Phi) is 6.63. The van der Waals surface area contributed by atoms with Crippen LogP contribution in [0, 0.1) is 13.8 Å². The maximum atomic E-state index is 12.2.